The average Bonchev–Trinajstić information content (AvgIpc) is 3.41. The Balaban J connectivity index is 1.39. The number of halogens is 2. The molecule has 1 aliphatic heterocycles. The molecule has 1 fully saturated rings. The zero-order valence-electron chi connectivity index (χ0n) is 18.9. The SMILES string of the molecule is O=C(Nc1ccc(N2CCOCC2)c2nonc12)c1cc(-c2ccc(Cl)c(Cl)c2)nc2ccccc12. The third kappa shape index (κ3) is 4.13. The van der Waals surface area contributed by atoms with Crippen molar-refractivity contribution in [3.63, 3.8) is 0 Å². The molecule has 6 rings (SSSR count). The summed E-state index contributed by atoms with van der Waals surface area (Å²) in [6.07, 6.45) is 0. The molecule has 1 amide bonds. The van der Waals surface area contributed by atoms with Crippen LogP contribution in [0.2, 0.25) is 10.0 Å². The molecule has 0 radical (unpaired) electrons. The smallest absolute Gasteiger partial charge is 0.256 e. The number of morpholine rings is 1. The lowest BCUT2D eigenvalue weighted by Gasteiger charge is -2.28. The maximum atomic E-state index is 13.6. The quantitative estimate of drug-likeness (QED) is 0.319. The van der Waals surface area contributed by atoms with Crippen molar-refractivity contribution in [3.8, 4) is 11.3 Å². The van der Waals surface area contributed by atoms with E-state index < -0.39 is 0 Å². The first kappa shape index (κ1) is 22.7. The highest BCUT2D eigenvalue weighted by atomic mass is 35.5. The molecule has 2 aromatic heterocycles. The molecule has 5 aromatic rings. The van der Waals surface area contributed by atoms with Gasteiger partial charge < -0.3 is 15.0 Å². The van der Waals surface area contributed by atoms with E-state index in [0.29, 0.717) is 56.8 Å². The minimum Gasteiger partial charge on any atom is -0.378 e. The summed E-state index contributed by atoms with van der Waals surface area (Å²) in [4.78, 5) is 20.5. The number of ether oxygens (including phenoxy) is 1. The number of nitrogens with one attached hydrogen (secondary N) is 1. The third-order valence-electron chi connectivity index (χ3n) is 6.17. The summed E-state index contributed by atoms with van der Waals surface area (Å²) < 4.78 is 10.5. The number of para-hydroxylation sites is 1. The summed E-state index contributed by atoms with van der Waals surface area (Å²) in [6, 6.07) is 18.2. The van der Waals surface area contributed by atoms with Gasteiger partial charge in [0, 0.05) is 24.0 Å². The van der Waals surface area contributed by atoms with Gasteiger partial charge in [-0.25, -0.2) is 9.61 Å². The van der Waals surface area contributed by atoms with Gasteiger partial charge in [0.05, 0.1) is 51.4 Å². The van der Waals surface area contributed by atoms with Crippen molar-refractivity contribution < 1.29 is 14.2 Å². The van der Waals surface area contributed by atoms with Crippen LogP contribution >= 0.6 is 23.2 Å². The Morgan fingerprint density at radius 2 is 1.72 bits per heavy atom. The predicted molar refractivity (Wildman–Crippen MR) is 140 cm³/mol. The van der Waals surface area contributed by atoms with Crippen LogP contribution in [0.4, 0.5) is 11.4 Å². The standard InChI is InChI=1S/C26H19Cl2N5O3/c27-18-6-5-15(13-19(18)28)22-14-17(16-3-1-2-4-20(16)29-22)26(34)30-21-7-8-23(25-24(21)31-36-32-25)33-9-11-35-12-10-33/h1-8,13-14H,9-12H2,(H,30,34). The van der Waals surface area contributed by atoms with Gasteiger partial charge in [-0.3, -0.25) is 4.79 Å². The second kappa shape index (κ2) is 9.39. The Hall–Kier alpha value is -3.72. The highest BCUT2D eigenvalue weighted by molar-refractivity contribution is 6.42. The van der Waals surface area contributed by atoms with Gasteiger partial charge in [0.1, 0.15) is 0 Å². The molecular formula is C26H19Cl2N5O3. The zero-order valence-corrected chi connectivity index (χ0v) is 20.4. The average molecular weight is 520 g/mol. The number of fused-ring (bicyclic) bond motifs is 2. The van der Waals surface area contributed by atoms with Gasteiger partial charge in [-0.05, 0) is 46.7 Å². The van der Waals surface area contributed by atoms with Gasteiger partial charge in [0.2, 0.25) is 0 Å². The van der Waals surface area contributed by atoms with E-state index in [1.54, 1.807) is 18.2 Å². The molecule has 10 heteroatoms. The lowest BCUT2D eigenvalue weighted by molar-refractivity contribution is 0.102. The first-order chi connectivity index (χ1) is 17.6. The van der Waals surface area contributed by atoms with Gasteiger partial charge in [-0.1, -0.05) is 47.5 Å². The minimum atomic E-state index is -0.307. The number of nitrogens with zero attached hydrogens (tertiary/aromatic N) is 4. The number of carbonyl (C=O) groups is 1. The molecule has 3 aromatic carbocycles. The molecule has 8 nitrogen and oxygen atoms in total. The van der Waals surface area contributed by atoms with Gasteiger partial charge in [0.25, 0.3) is 5.91 Å². The van der Waals surface area contributed by atoms with Gasteiger partial charge >= 0.3 is 0 Å². The molecule has 3 heterocycles. The Bertz CT molecular complexity index is 1610. The topological polar surface area (TPSA) is 93.4 Å². The van der Waals surface area contributed by atoms with Crippen LogP contribution in [-0.2, 0) is 4.74 Å². The molecule has 180 valence electrons. The predicted octanol–water partition coefficient (Wildman–Crippen LogP) is 5.83. The van der Waals surface area contributed by atoms with Crippen molar-refractivity contribution in [3.05, 3.63) is 76.3 Å². The van der Waals surface area contributed by atoms with Crippen molar-refractivity contribution in [2.45, 2.75) is 0 Å². The molecular weight excluding hydrogens is 501 g/mol. The molecule has 0 unspecified atom stereocenters. The van der Waals surface area contributed by atoms with Crippen molar-refractivity contribution in [1.29, 1.82) is 0 Å². The van der Waals surface area contributed by atoms with Crippen LogP contribution in [0.15, 0.2) is 65.3 Å². The number of hydrogen-bond acceptors (Lipinski definition) is 7. The van der Waals surface area contributed by atoms with Crippen LogP contribution in [0.3, 0.4) is 0 Å². The number of benzene rings is 3. The summed E-state index contributed by atoms with van der Waals surface area (Å²) in [5.74, 6) is -0.307. The van der Waals surface area contributed by atoms with Gasteiger partial charge in [0.15, 0.2) is 11.0 Å². The van der Waals surface area contributed by atoms with Crippen LogP contribution in [-0.4, -0.2) is 47.5 Å². The number of anilines is 2. The second-order valence-corrected chi connectivity index (χ2v) is 9.16. The number of aromatic nitrogens is 3. The lowest BCUT2D eigenvalue weighted by atomic mass is 10.0. The molecule has 0 bridgehead atoms. The fraction of sp³-hybridized carbons (Fsp3) is 0.154. The number of amides is 1. The Kier molecular flexibility index (Phi) is 5.92. The van der Waals surface area contributed by atoms with Crippen LogP contribution in [0, 0.1) is 0 Å². The van der Waals surface area contributed by atoms with E-state index in [2.05, 4.69) is 20.5 Å². The summed E-state index contributed by atoms with van der Waals surface area (Å²) in [7, 11) is 0. The zero-order chi connectivity index (χ0) is 24.6. The van der Waals surface area contributed by atoms with E-state index in [1.165, 1.54) is 0 Å². The molecule has 0 atom stereocenters. The van der Waals surface area contributed by atoms with Gasteiger partial charge in [-0.2, -0.15) is 0 Å². The van der Waals surface area contributed by atoms with Crippen LogP contribution in [0.25, 0.3) is 33.2 Å². The Morgan fingerprint density at radius 1 is 0.917 bits per heavy atom. The van der Waals surface area contributed by atoms with E-state index in [-0.39, 0.29) is 5.91 Å². The Morgan fingerprint density at radius 3 is 2.56 bits per heavy atom. The summed E-state index contributed by atoms with van der Waals surface area (Å²) >= 11 is 12.3. The molecule has 0 spiro atoms. The van der Waals surface area contributed by atoms with E-state index in [9.17, 15) is 4.79 Å². The van der Waals surface area contributed by atoms with E-state index >= 15 is 0 Å². The maximum Gasteiger partial charge on any atom is 0.256 e. The first-order valence-electron chi connectivity index (χ1n) is 11.3. The first-order valence-corrected chi connectivity index (χ1v) is 12.1. The molecule has 1 saturated heterocycles. The normalized spacial score (nSPS) is 13.9. The minimum absolute atomic E-state index is 0.307. The van der Waals surface area contributed by atoms with E-state index in [4.69, 9.17) is 37.6 Å². The number of hydrogen-bond donors (Lipinski definition) is 1. The van der Waals surface area contributed by atoms with Gasteiger partial charge in [-0.15, -0.1) is 0 Å². The largest absolute Gasteiger partial charge is 0.378 e. The highest BCUT2D eigenvalue weighted by Crippen LogP contribution is 2.33. The molecule has 36 heavy (non-hydrogen) atoms. The number of rotatable bonds is 4. The number of pyridine rings is 1. The molecule has 0 saturated carbocycles. The van der Waals surface area contributed by atoms with Crippen LogP contribution in [0.1, 0.15) is 10.4 Å². The van der Waals surface area contributed by atoms with E-state index in [1.807, 2.05) is 42.5 Å². The lowest BCUT2D eigenvalue weighted by Crippen LogP contribution is -2.36. The molecule has 1 N–H and O–H groups in total. The van der Waals surface area contributed by atoms with Crippen molar-refractivity contribution in [1.82, 2.24) is 15.3 Å². The molecule has 0 aliphatic carbocycles. The fourth-order valence-corrected chi connectivity index (χ4v) is 4.67. The van der Waals surface area contributed by atoms with Crippen LogP contribution < -0.4 is 10.2 Å². The third-order valence-corrected chi connectivity index (χ3v) is 6.91. The summed E-state index contributed by atoms with van der Waals surface area (Å²) in [5.41, 5.74) is 4.97. The van der Waals surface area contributed by atoms with Crippen molar-refractivity contribution in [2.75, 3.05) is 36.5 Å². The highest BCUT2D eigenvalue weighted by Gasteiger charge is 2.21. The second-order valence-electron chi connectivity index (χ2n) is 8.35. The monoisotopic (exact) mass is 519 g/mol. The fourth-order valence-electron chi connectivity index (χ4n) is 4.37. The summed E-state index contributed by atoms with van der Waals surface area (Å²) in [6.45, 7) is 2.77. The number of carbonyl (C=O) groups excluding carboxylic acids is 1. The molecule has 1 aliphatic rings. The van der Waals surface area contributed by atoms with E-state index in [0.717, 1.165) is 29.7 Å². The Labute approximate surface area is 215 Å². The van der Waals surface area contributed by atoms with Crippen LogP contribution in [0.5, 0.6) is 0 Å². The maximum absolute atomic E-state index is 13.6. The van der Waals surface area contributed by atoms with Crippen molar-refractivity contribution >= 4 is 62.4 Å². The summed E-state index contributed by atoms with van der Waals surface area (Å²) in [5, 5.41) is 12.7. The van der Waals surface area contributed by atoms with Crippen molar-refractivity contribution in [2.24, 2.45) is 0 Å².